The summed E-state index contributed by atoms with van der Waals surface area (Å²) in [6, 6.07) is 8.03. The molecule has 1 saturated heterocycles. The van der Waals surface area contributed by atoms with E-state index in [1.54, 1.807) is 28.6 Å². The van der Waals surface area contributed by atoms with E-state index in [-0.39, 0.29) is 18.9 Å². The molecule has 2 heterocycles. The molecule has 10 heteroatoms. The molecular formula is C21H28N4O5S. The van der Waals surface area contributed by atoms with Gasteiger partial charge in [-0.05, 0) is 37.0 Å². The Morgan fingerprint density at radius 1 is 1.00 bits per heavy atom. The van der Waals surface area contributed by atoms with Crippen LogP contribution in [0.1, 0.15) is 37.7 Å². The third kappa shape index (κ3) is 6.38. The average Bonchev–Trinajstić information content (AvgIpc) is 3.04. The molecule has 0 spiro atoms. The van der Waals surface area contributed by atoms with Crippen LogP contribution in [0.25, 0.3) is 0 Å². The van der Waals surface area contributed by atoms with Crippen LogP contribution in [0.4, 0.5) is 0 Å². The molecule has 0 saturated carbocycles. The van der Waals surface area contributed by atoms with Crippen LogP contribution in [0.15, 0.2) is 51.0 Å². The van der Waals surface area contributed by atoms with Crippen LogP contribution in [-0.2, 0) is 27.8 Å². The van der Waals surface area contributed by atoms with Crippen molar-refractivity contribution in [2.24, 2.45) is 0 Å². The predicted octanol–water partition coefficient (Wildman–Crippen LogP) is 0.850. The lowest BCUT2D eigenvalue weighted by Crippen LogP contribution is -2.32. The summed E-state index contributed by atoms with van der Waals surface area (Å²) in [5.41, 5.74) is -0.0987. The normalized spacial score (nSPS) is 15.4. The highest BCUT2D eigenvalue weighted by molar-refractivity contribution is 7.89. The first kappa shape index (κ1) is 23.0. The third-order valence-electron chi connectivity index (χ3n) is 5.34. The van der Waals surface area contributed by atoms with Gasteiger partial charge in [0, 0.05) is 44.9 Å². The minimum atomic E-state index is -3.46. The van der Waals surface area contributed by atoms with E-state index in [1.165, 1.54) is 16.8 Å². The number of H-pyrrole nitrogens is 1. The fraction of sp³-hybridized carbons (Fsp3) is 0.476. The lowest BCUT2D eigenvalue weighted by Gasteiger charge is -2.20. The van der Waals surface area contributed by atoms with Gasteiger partial charge in [-0.1, -0.05) is 25.0 Å². The van der Waals surface area contributed by atoms with Gasteiger partial charge >= 0.3 is 5.69 Å². The van der Waals surface area contributed by atoms with E-state index >= 15 is 0 Å². The standard InChI is InChI=1S/C21H28N4O5S/c26-19(10-15-24-16-11-20(27)23-21(24)28)22-12-9-17-5-7-18(8-6-17)31(29,30)25-13-3-1-2-4-14-25/h5-8,11,16H,1-4,9-10,12-15H2,(H,22,26)(H,23,27,28). The number of carbonyl (C=O) groups excluding carboxylic acids is 1. The van der Waals surface area contributed by atoms with Crippen LogP contribution in [0.3, 0.4) is 0 Å². The lowest BCUT2D eigenvalue weighted by molar-refractivity contribution is -0.121. The van der Waals surface area contributed by atoms with Crippen molar-refractivity contribution >= 4 is 15.9 Å². The van der Waals surface area contributed by atoms with Crippen LogP contribution in [0.5, 0.6) is 0 Å². The van der Waals surface area contributed by atoms with Crippen molar-refractivity contribution in [3.05, 3.63) is 62.9 Å². The molecule has 1 aromatic carbocycles. The fourth-order valence-electron chi connectivity index (χ4n) is 3.54. The minimum absolute atomic E-state index is 0.110. The van der Waals surface area contributed by atoms with Crippen LogP contribution in [0.2, 0.25) is 0 Å². The molecule has 0 unspecified atom stereocenters. The van der Waals surface area contributed by atoms with Gasteiger partial charge in [0.25, 0.3) is 5.56 Å². The molecule has 2 N–H and O–H groups in total. The summed E-state index contributed by atoms with van der Waals surface area (Å²) in [7, 11) is -3.46. The van der Waals surface area contributed by atoms with E-state index in [1.807, 2.05) is 0 Å². The molecule has 168 valence electrons. The smallest absolute Gasteiger partial charge is 0.328 e. The zero-order valence-electron chi connectivity index (χ0n) is 17.4. The highest BCUT2D eigenvalue weighted by atomic mass is 32.2. The van der Waals surface area contributed by atoms with E-state index in [2.05, 4.69) is 10.3 Å². The van der Waals surface area contributed by atoms with E-state index in [4.69, 9.17) is 0 Å². The van der Waals surface area contributed by atoms with Crippen molar-refractivity contribution in [1.82, 2.24) is 19.2 Å². The van der Waals surface area contributed by atoms with Gasteiger partial charge in [0.1, 0.15) is 0 Å². The number of nitrogens with one attached hydrogen (secondary N) is 2. The molecule has 0 aliphatic carbocycles. The minimum Gasteiger partial charge on any atom is -0.356 e. The molecular weight excluding hydrogens is 420 g/mol. The summed E-state index contributed by atoms with van der Waals surface area (Å²) in [5.74, 6) is -0.210. The van der Waals surface area contributed by atoms with Gasteiger partial charge in [-0.25, -0.2) is 13.2 Å². The van der Waals surface area contributed by atoms with Crippen molar-refractivity contribution in [2.45, 2.75) is 50.0 Å². The first-order valence-corrected chi connectivity index (χ1v) is 12.0. The molecule has 1 aliphatic rings. The number of aryl methyl sites for hydroxylation is 1. The fourth-order valence-corrected chi connectivity index (χ4v) is 5.05. The number of hydrogen-bond donors (Lipinski definition) is 2. The summed E-state index contributed by atoms with van der Waals surface area (Å²) >= 11 is 0. The molecule has 1 aromatic heterocycles. The first-order valence-electron chi connectivity index (χ1n) is 10.5. The van der Waals surface area contributed by atoms with Crippen molar-refractivity contribution < 1.29 is 13.2 Å². The van der Waals surface area contributed by atoms with Crippen LogP contribution in [-0.4, -0.2) is 47.8 Å². The summed E-state index contributed by atoms with van der Waals surface area (Å²) < 4.78 is 28.5. The number of aromatic nitrogens is 2. The van der Waals surface area contributed by atoms with E-state index < -0.39 is 21.3 Å². The molecule has 2 aromatic rings. The van der Waals surface area contributed by atoms with Gasteiger partial charge in [0.05, 0.1) is 4.90 Å². The predicted molar refractivity (Wildman–Crippen MR) is 116 cm³/mol. The summed E-state index contributed by atoms with van der Waals surface area (Å²) in [4.78, 5) is 37.1. The Hall–Kier alpha value is -2.72. The topological polar surface area (TPSA) is 121 Å². The molecule has 1 amide bonds. The first-order chi connectivity index (χ1) is 14.9. The van der Waals surface area contributed by atoms with Gasteiger partial charge in [0.15, 0.2) is 0 Å². The third-order valence-corrected chi connectivity index (χ3v) is 7.25. The summed E-state index contributed by atoms with van der Waals surface area (Å²) in [6.07, 6.45) is 5.96. The number of aromatic amines is 1. The Bertz CT molecular complexity index is 1100. The zero-order valence-corrected chi connectivity index (χ0v) is 18.2. The number of benzene rings is 1. The molecule has 1 aliphatic heterocycles. The van der Waals surface area contributed by atoms with Gasteiger partial charge in [-0.15, -0.1) is 0 Å². The Morgan fingerprint density at radius 3 is 2.32 bits per heavy atom. The number of rotatable bonds is 8. The molecule has 1 fully saturated rings. The lowest BCUT2D eigenvalue weighted by atomic mass is 10.1. The number of amides is 1. The largest absolute Gasteiger partial charge is 0.356 e. The number of hydrogen-bond acceptors (Lipinski definition) is 5. The number of nitrogens with zero attached hydrogens (tertiary/aromatic N) is 2. The Morgan fingerprint density at radius 2 is 1.68 bits per heavy atom. The summed E-state index contributed by atoms with van der Waals surface area (Å²) in [6.45, 7) is 1.71. The van der Waals surface area contributed by atoms with Crippen molar-refractivity contribution in [3.8, 4) is 0 Å². The van der Waals surface area contributed by atoms with Gasteiger partial charge < -0.3 is 9.88 Å². The van der Waals surface area contributed by atoms with Gasteiger partial charge in [0.2, 0.25) is 15.9 Å². The number of carbonyl (C=O) groups is 1. The van der Waals surface area contributed by atoms with E-state index in [0.717, 1.165) is 31.2 Å². The maximum atomic E-state index is 12.8. The highest BCUT2D eigenvalue weighted by Gasteiger charge is 2.24. The Balaban J connectivity index is 1.47. The molecule has 0 bridgehead atoms. The van der Waals surface area contributed by atoms with Crippen LogP contribution < -0.4 is 16.6 Å². The maximum absolute atomic E-state index is 12.8. The SMILES string of the molecule is O=C(CCn1ccc(=O)[nH]c1=O)NCCc1ccc(S(=O)(=O)N2CCCCCC2)cc1. The van der Waals surface area contributed by atoms with Crippen molar-refractivity contribution in [1.29, 1.82) is 0 Å². The van der Waals surface area contributed by atoms with Gasteiger partial charge in [-0.3, -0.25) is 14.6 Å². The second-order valence-corrected chi connectivity index (χ2v) is 9.55. The monoisotopic (exact) mass is 448 g/mol. The highest BCUT2D eigenvalue weighted by Crippen LogP contribution is 2.20. The average molecular weight is 449 g/mol. The molecule has 3 rings (SSSR count). The number of sulfonamides is 1. The van der Waals surface area contributed by atoms with E-state index in [9.17, 15) is 22.8 Å². The van der Waals surface area contributed by atoms with Gasteiger partial charge in [-0.2, -0.15) is 4.31 Å². The zero-order chi connectivity index (χ0) is 22.3. The van der Waals surface area contributed by atoms with Crippen molar-refractivity contribution in [3.63, 3.8) is 0 Å². The molecule has 0 atom stereocenters. The Labute approximate surface area is 181 Å². The molecule has 0 radical (unpaired) electrons. The Kier molecular flexibility index (Phi) is 7.80. The maximum Gasteiger partial charge on any atom is 0.328 e. The summed E-state index contributed by atoms with van der Waals surface area (Å²) in [5, 5.41) is 2.78. The van der Waals surface area contributed by atoms with Crippen LogP contribution in [0, 0.1) is 0 Å². The van der Waals surface area contributed by atoms with Crippen LogP contribution >= 0.6 is 0 Å². The molecule has 9 nitrogen and oxygen atoms in total. The second kappa shape index (κ2) is 10.5. The van der Waals surface area contributed by atoms with E-state index in [0.29, 0.717) is 31.0 Å². The quantitative estimate of drug-likeness (QED) is 0.620. The van der Waals surface area contributed by atoms with Crippen molar-refractivity contribution in [2.75, 3.05) is 19.6 Å². The molecule has 31 heavy (non-hydrogen) atoms. The second-order valence-electron chi connectivity index (χ2n) is 7.62.